The van der Waals surface area contributed by atoms with E-state index in [0.29, 0.717) is 12.0 Å². The highest BCUT2D eigenvalue weighted by atomic mass is 79.9. The third-order valence-corrected chi connectivity index (χ3v) is 3.55. The standard InChI is InChI=1S/C13H11BrF2N2O2/c1-2-7-5-18(13(20)17-12(7)19)6-8-10(15)4-3-9(14)11(8)16/h3-5H,2,6H2,1H3,(H,17,19,20). The number of nitrogens with one attached hydrogen (secondary N) is 1. The molecule has 0 aliphatic carbocycles. The van der Waals surface area contributed by atoms with Crippen LogP contribution in [0, 0.1) is 11.6 Å². The molecule has 106 valence electrons. The number of hydrogen-bond donors (Lipinski definition) is 1. The molecular weight excluding hydrogens is 334 g/mol. The fourth-order valence-electron chi connectivity index (χ4n) is 1.81. The summed E-state index contributed by atoms with van der Waals surface area (Å²) in [6.45, 7) is 1.46. The van der Waals surface area contributed by atoms with Crippen molar-refractivity contribution in [1.82, 2.24) is 9.55 Å². The van der Waals surface area contributed by atoms with Crippen LogP contribution < -0.4 is 11.2 Å². The molecule has 0 saturated carbocycles. The number of nitrogens with zero attached hydrogens (tertiary/aromatic N) is 1. The van der Waals surface area contributed by atoms with Crippen molar-refractivity contribution < 1.29 is 8.78 Å². The number of halogens is 3. The van der Waals surface area contributed by atoms with Crippen LogP contribution in [0.15, 0.2) is 32.4 Å². The van der Waals surface area contributed by atoms with Crippen LogP contribution in [0.1, 0.15) is 18.1 Å². The van der Waals surface area contributed by atoms with Crippen molar-refractivity contribution in [3.8, 4) is 0 Å². The molecule has 0 atom stereocenters. The Labute approximate surface area is 121 Å². The lowest BCUT2D eigenvalue weighted by Crippen LogP contribution is -2.32. The summed E-state index contributed by atoms with van der Waals surface area (Å²) in [5.74, 6) is -1.51. The average Bonchev–Trinajstić information content (AvgIpc) is 2.41. The second-order valence-corrected chi connectivity index (χ2v) is 5.07. The van der Waals surface area contributed by atoms with E-state index in [1.54, 1.807) is 6.92 Å². The van der Waals surface area contributed by atoms with Crippen LogP contribution in [-0.2, 0) is 13.0 Å². The minimum atomic E-state index is -0.763. The molecule has 2 rings (SSSR count). The summed E-state index contributed by atoms with van der Waals surface area (Å²) in [6, 6.07) is 2.36. The molecule has 0 unspecified atom stereocenters. The van der Waals surface area contributed by atoms with Crippen molar-refractivity contribution in [2.45, 2.75) is 19.9 Å². The Kier molecular flexibility index (Phi) is 4.17. The lowest BCUT2D eigenvalue weighted by atomic mass is 10.2. The summed E-state index contributed by atoms with van der Waals surface area (Å²) >= 11 is 2.96. The predicted molar refractivity (Wildman–Crippen MR) is 73.9 cm³/mol. The van der Waals surface area contributed by atoms with Gasteiger partial charge in [0.15, 0.2) is 0 Å². The third-order valence-electron chi connectivity index (χ3n) is 2.93. The number of aromatic nitrogens is 2. The first-order chi connectivity index (χ1) is 9.43. The monoisotopic (exact) mass is 344 g/mol. The molecule has 0 aliphatic heterocycles. The summed E-state index contributed by atoms with van der Waals surface area (Å²) in [4.78, 5) is 25.2. The first kappa shape index (κ1) is 14.6. The molecular formula is C13H11BrF2N2O2. The van der Waals surface area contributed by atoms with Gasteiger partial charge in [-0.15, -0.1) is 0 Å². The molecule has 1 aromatic heterocycles. The van der Waals surface area contributed by atoms with Gasteiger partial charge in [-0.1, -0.05) is 6.92 Å². The highest BCUT2D eigenvalue weighted by molar-refractivity contribution is 9.10. The van der Waals surface area contributed by atoms with E-state index in [1.165, 1.54) is 12.3 Å². The van der Waals surface area contributed by atoms with E-state index < -0.39 is 22.9 Å². The zero-order chi connectivity index (χ0) is 14.9. The summed E-state index contributed by atoms with van der Waals surface area (Å²) in [5.41, 5.74) is -1.05. The lowest BCUT2D eigenvalue weighted by Gasteiger charge is -2.09. The van der Waals surface area contributed by atoms with Gasteiger partial charge in [0.25, 0.3) is 5.56 Å². The van der Waals surface area contributed by atoms with Gasteiger partial charge < -0.3 is 0 Å². The van der Waals surface area contributed by atoms with Crippen LogP contribution in [0.4, 0.5) is 8.78 Å². The molecule has 1 N–H and O–H groups in total. The second-order valence-electron chi connectivity index (χ2n) is 4.22. The van der Waals surface area contributed by atoms with E-state index in [-0.39, 0.29) is 16.6 Å². The Balaban J connectivity index is 2.53. The van der Waals surface area contributed by atoms with Gasteiger partial charge in [-0.3, -0.25) is 14.3 Å². The Morgan fingerprint density at radius 1 is 1.30 bits per heavy atom. The second kappa shape index (κ2) is 5.70. The zero-order valence-electron chi connectivity index (χ0n) is 10.5. The van der Waals surface area contributed by atoms with Crippen LogP contribution in [0.25, 0.3) is 0 Å². The van der Waals surface area contributed by atoms with Crippen molar-refractivity contribution in [1.29, 1.82) is 0 Å². The maximum atomic E-state index is 13.9. The number of H-pyrrole nitrogens is 1. The molecule has 0 bridgehead atoms. The van der Waals surface area contributed by atoms with Crippen molar-refractivity contribution in [2.75, 3.05) is 0 Å². The number of benzene rings is 1. The number of aryl methyl sites for hydroxylation is 1. The highest BCUT2D eigenvalue weighted by Gasteiger charge is 2.14. The molecule has 4 nitrogen and oxygen atoms in total. The molecule has 1 heterocycles. The molecule has 2 aromatic rings. The van der Waals surface area contributed by atoms with Gasteiger partial charge in [-0.25, -0.2) is 13.6 Å². The lowest BCUT2D eigenvalue weighted by molar-refractivity contribution is 0.534. The third kappa shape index (κ3) is 2.72. The summed E-state index contributed by atoms with van der Waals surface area (Å²) in [5, 5.41) is 0. The van der Waals surface area contributed by atoms with E-state index in [4.69, 9.17) is 0 Å². The Morgan fingerprint density at radius 3 is 2.65 bits per heavy atom. The summed E-state index contributed by atoms with van der Waals surface area (Å²) in [6.07, 6.45) is 1.74. The first-order valence-corrected chi connectivity index (χ1v) is 6.68. The average molecular weight is 345 g/mol. The quantitative estimate of drug-likeness (QED) is 0.867. The fraction of sp³-hybridized carbons (Fsp3) is 0.231. The maximum absolute atomic E-state index is 13.9. The van der Waals surface area contributed by atoms with E-state index in [0.717, 1.165) is 10.6 Å². The molecule has 0 fully saturated rings. The molecule has 0 spiro atoms. The molecule has 0 amide bonds. The summed E-state index contributed by atoms with van der Waals surface area (Å²) < 4.78 is 28.7. The first-order valence-electron chi connectivity index (χ1n) is 5.89. The van der Waals surface area contributed by atoms with Gasteiger partial charge in [0, 0.05) is 17.3 Å². The van der Waals surface area contributed by atoms with E-state index in [2.05, 4.69) is 20.9 Å². The molecule has 0 aliphatic rings. The van der Waals surface area contributed by atoms with Crippen LogP contribution >= 0.6 is 15.9 Å². The largest absolute Gasteiger partial charge is 0.328 e. The highest BCUT2D eigenvalue weighted by Crippen LogP contribution is 2.22. The van der Waals surface area contributed by atoms with Gasteiger partial charge in [-0.05, 0) is 34.5 Å². The van der Waals surface area contributed by atoms with E-state index in [9.17, 15) is 18.4 Å². The normalized spacial score (nSPS) is 10.8. The van der Waals surface area contributed by atoms with Crippen LogP contribution in [0.3, 0.4) is 0 Å². The minimum Gasteiger partial charge on any atom is -0.296 e. The van der Waals surface area contributed by atoms with Crippen LogP contribution in [0.2, 0.25) is 0 Å². The molecule has 7 heteroatoms. The molecule has 0 radical (unpaired) electrons. The van der Waals surface area contributed by atoms with E-state index >= 15 is 0 Å². The number of rotatable bonds is 3. The van der Waals surface area contributed by atoms with E-state index in [1.807, 2.05) is 0 Å². The maximum Gasteiger partial charge on any atom is 0.328 e. The van der Waals surface area contributed by atoms with Gasteiger partial charge >= 0.3 is 5.69 Å². The summed E-state index contributed by atoms with van der Waals surface area (Å²) in [7, 11) is 0. The smallest absolute Gasteiger partial charge is 0.296 e. The van der Waals surface area contributed by atoms with Gasteiger partial charge in [0.1, 0.15) is 11.6 Å². The topological polar surface area (TPSA) is 54.9 Å². The predicted octanol–water partition coefficient (Wildman–Crippen LogP) is 2.19. The van der Waals surface area contributed by atoms with Gasteiger partial charge in [0.05, 0.1) is 11.0 Å². The van der Waals surface area contributed by atoms with Gasteiger partial charge in [0.2, 0.25) is 0 Å². The van der Waals surface area contributed by atoms with Crippen molar-refractivity contribution in [2.24, 2.45) is 0 Å². The Hall–Kier alpha value is -1.76. The Morgan fingerprint density at radius 2 is 2.00 bits per heavy atom. The number of hydrogen-bond acceptors (Lipinski definition) is 2. The zero-order valence-corrected chi connectivity index (χ0v) is 12.1. The SMILES string of the molecule is CCc1cn(Cc2c(F)ccc(Br)c2F)c(=O)[nH]c1=O. The molecule has 0 saturated heterocycles. The van der Waals surface area contributed by atoms with Crippen molar-refractivity contribution >= 4 is 15.9 Å². The van der Waals surface area contributed by atoms with Crippen LogP contribution in [0.5, 0.6) is 0 Å². The van der Waals surface area contributed by atoms with Crippen molar-refractivity contribution in [3.63, 3.8) is 0 Å². The Bertz CT molecular complexity index is 768. The van der Waals surface area contributed by atoms with Gasteiger partial charge in [-0.2, -0.15) is 0 Å². The van der Waals surface area contributed by atoms with Crippen molar-refractivity contribution in [3.05, 3.63) is 66.4 Å². The van der Waals surface area contributed by atoms with Crippen LogP contribution in [-0.4, -0.2) is 9.55 Å². The molecule has 1 aromatic carbocycles. The number of aromatic amines is 1. The minimum absolute atomic E-state index is 0.113. The fourth-order valence-corrected chi connectivity index (χ4v) is 2.18. The molecule has 20 heavy (non-hydrogen) atoms.